The zero-order valence-corrected chi connectivity index (χ0v) is 19.1. The van der Waals surface area contributed by atoms with Crippen LogP contribution in [0.1, 0.15) is 50.7 Å². The van der Waals surface area contributed by atoms with E-state index < -0.39 is 6.04 Å². The molecular weight excluding hydrogens is 388 g/mol. The average molecular weight is 425 g/mol. The summed E-state index contributed by atoms with van der Waals surface area (Å²) in [5.74, 6) is 0.704. The van der Waals surface area contributed by atoms with E-state index in [-0.39, 0.29) is 11.8 Å². The van der Waals surface area contributed by atoms with Crippen molar-refractivity contribution in [1.29, 1.82) is 0 Å². The van der Waals surface area contributed by atoms with E-state index in [1.54, 1.807) is 4.90 Å². The van der Waals surface area contributed by atoms with Crippen LogP contribution in [0.2, 0.25) is 0 Å². The van der Waals surface area contributed by atoms with Crippen LogP contribution in [0.15, 0.2) is 54.6 Å². The summed E-state index contributed by atoms with van der Waals surface area (Å²) in [5, 5.41) is 2.95. The average Bonchev–Trinajstić information content (AvgIpc) is 2.78. The van der Waals surface area contributed by atoms with Gasteiger partial charge in [0.25, 0.3) is 0 Å². The third-order valence-electron chi connectivity index (χ3n) is 5.31. The molecular formula is C26H36N2O3. The fourth-order valence-corrected chi connectivity index (χ4v) is 3.30. The van der Waals surface area contributed by atoms with Crippen molar-refractivity contribution in [1.82, 2.24) is 10.2 Å². The van der Waals surface area contributed by atoms with Crippen molar-refractivity contribution < 1.29 is 14.3 Å². The van der Waals surface area contributed by atoms with Crippen molar-refractivity contribution >= 4 is 11.8 Å². The molecule has 0 heterocycles. The first-order valence-corrected chi connectivity index (χ1v) is 11.3. The van der Waals surface area contributed by atoms with Crippen LogP contribution in [0.4, 0.5) is 0 Å². The van der Waals surface area contributed by atoms with Crippen LogP contribution >= 0.6 is 0 Å². The van der Waals surface area contributed by atoms with Gasteiger partial charge in [0.2, 0.25) is 11.8 Å². The molecule has 0 bridgehead atoms. The van der Waals surface area contributed by atoms with Crippen LogP contribution in [0.25, 0.3) is 0 Å². The molecule has 0 saturated carbocycles. The van der Waals surface area contributed by atoms with E-state index in [1.165, 1.54) is 5.56 Å². The summed E-state index contributed by atoms with van der Waals surface area (Å²) in [6.45, 7) is 7.57. The third kappa shape index (κ3) is 8.83. The van der Waals surface area contributed by atoms with Gasteiger partial charge in [-0.25, -0.2) is 0 Å². The molecule has 0 fully saturated rings. The molecule has 1 N–H and O–H groups in total. The predicted molar refractivity (Wildman–Crippen MR) is 125 cm³/mol. The van der Waals surface area contributed by atoms with Crippen molar-refractivity contribution in [2.45, 2.75) is 58.9 Å². The van der Waals surface area contributed by atoms with Gasteiger partial charge in [0, 0.05) is 19.5 Å². The second kappa shape index (κ2) is 13.5. The van der Waals surface area contributed by atoms with Gasteiger partial charge in [-0.3, -0.25) is 9.59 Å². The number of nitrogens with one attached hydrogen (secondary N) is 1. The Morgan fingerprint density at radius 2 is 1.74 bits per heavy atom. The summed E-state index contributed by atoms with van der Waals surface area (Å²) in [4.78, 5) is 27.3. The molecule has 31 heavy (non-hydrogen) atoms. The molecule has 2 aromatic rings. The number of hydrogen-bond acceptors (Lipinski definition) is 3. The number of hydrogen-bond donors (Lipinski definition) is 1. The second-order valence-electron chi connectivity index (χ2n) is 7.91. The molecule has 0 spiro atoms. The first kappa shape index (κ1) is 24.4. The van der Waals surface area contributed by atoms with Crippen molar-refractivity contribution in [3.63, 3.8) is 0 Å². The van der Waals surface area contributed by atoms with Gasteiger partial charge in [0.15, 0.2) is 0 Å². The number of aryl methyl sites for hydroxylation is 1. The number of unbranched alkanes of at least 4 members (excludes halogenated alkanes) is 1. The lowest BCUT2D eigenvalue weighted by Gasteiger charge is -2.29. The Labute approximate surface area is 186 Å². The van der Waals surface area contributed by atoms with Crippen molar-refractivity contribution in [2.75, 3.05) is 19.7 Å². The minimum Gasteiger partial charge on any atom is -0.494 e. The highest BCUT2D eigenvalue weighted by Crippen LogP contribution is 2.13. The minimum atomic E-state index is -0.494. The number of carbonyl (C=O) groups excluding carboxylic acids is 2. The van der Waals surface area contributed by atoms with Gasteiger partial charge in [-0.1, -0.05) is 61.4 Å². The van der Waals surface area contributed by atoms with Crippen LogP contribution in [0.3, 0.4) is 0 Å². The van der Waals surface area contributed by atoms with Crippen molar-refractivity contribution in [3.05, 3.63) is 65.7 Å². The highest BCUT2D eigenvalue weighted by Gasteiger charge is 2.25. The lowest BCUT2D eigenvalue weighted by molar-refractivity contribution is -0.140. The molecule has 2 amide bonds. The molecule has 168 valence electrons. The smallest absolute Gasteiger partial charge is 0.242 e. The van der Waals surface area contributed by atoms with Gasteiger partial charge < -0.3 is 15.0 Å². The molecule has 0 aliphatic carbocycles. The number of nitrogens with zero attached hydrogens (tertiary/aromatic N) is 1. The van der Waals surface area contributed by atoms with Gasteiger partial charge in [-0.2, -0.15) is 0 Å². The van der Waals surface area contributed by atoms with Crippen LogP contribution in [-0.2, 0) is 16.0 Å². The maximum absolute atomic E-state index is 13.0. The molecule has 5 heteroatoms. The minimum absolute atomic E-state index is 0.0124. The van der Waals surface area contributed by atoms with Gasteiger partial charge >= 0.3 is 0 Å². The van der Waals surface area contributed by atoms with Gasteiger partial charge in [-0.15, -0.1) is 0 Å². The summed E-state index contributed by atoms with van der Waals surface area (Å²) >= 11 is 0. The van der Waals surface area contributed by atoms with Gasteiger partial charge in [-0.05, 0) is 50.8 Å². The zero-order valence-electron chi connectivity index (χ0n) is 19.1. The topological polar surface area (TPSA) is 58.6 Å². The first-order valence-electron chi connectivity index (χ1n) is 11.3. The summed E-state index contributed by atoms with van der Waals surface area (Å²) < 4.78 is 5.74. The van der Waals surface area contributed by atoms with Gasteiger partial charge in [0.05, 0.1) is 6.61 Å². The molecule has 2 aromatic carbocycles. The summed E-state index contributed by atoms with van der Waals surface area (Å²) in [6, 6.07) is 17.4. The van der Waals surface area contributed by atoms with Crippen LogP contribution in [0.5, 0.6) is 5.75 Å². The third-order valence-corrected chi connectivity index (χ3v) is 5.31. The Kier molecular flexibility index (Phi) is 10.6. The van der Waals surface area contributed by atoms with Crippen LogP contribution in [-0.4, -0.2) is 42.5 Å². The van der Waals surface area contributed by atoms with E-state index in [9.17, 15) is 9.59 Å². The van der Waals surface area contributed by atoms with Crippen LogP contribution in [0, 0.1) is 6.92 Å². The van der Waals surface area contributed by atoms with Crippen LogP contribution < -0.4 is 10.1 Å². The molecule has 1 atom stereocenters. The quantitative estimate of drug-likeness (QED) is 0.481. The Morgan fingerprint density at radius 3 is 2.42 bits per heavy atom. The Morgan fingerprint density at radius 1 is 1.03 bits per heavy atom. The number of amides is 2. The van der Waals surface area contributed by atoms with Crippen molar-refractivity contribution in [2.24, 2.45) is 0 Å². The fourth-order valence-electron chi connectivity index (χ4n) is 3.30. The lowest BCUT2D eigenvalue weighted by atomic mass is 10.1. The Bertz CT molecular complexity index is 790. The van der Waals surface area contributed by atoms with E-state index in [0.717, 1.165) is 30.6 Å². The zero-order chi connectivity index (χ0) is 22.5. The molecule has 0 saturated heterocycles. The largest absolute Gasteiger partial charge is 0.494 e. The SMILES string of the molecule is CCCCNC(=O)[C@H](C)N(CCc1ccccc1)C(=O)CCCOc1ccc(C)cc1. The monoisotopic (exact) mass is 424 g/mol. The Balaban J connectivity index is 1.90. The van der Waals surface area contributed by atoms with E-state index in [1.807, 2.05) is 68.4 Å². The number of carbonyl (C=O) groups is 2. The summed E-state index contributed by atoms with van der Waals surface area (Å²) in [5.41, 5.74) is 2.34. The summed E-state index contributed by atoms with van der Waals surface area (Å²) in [7, 11) is 0. The van der Waals surface area contributed by atoms with E-state index >= 15 is 0 Å². The highest BCUT2D eigenvalue weighted by atomic mass is 16.5. The Hall–Kier alpha value is -2.82. The maximum Gasteiger partial charge on any atom is 0.242 e. The lowest BCUT2D eigenvalue weighted by Crippen LogP contribution is -2.49. The number of benzene rings is 2. The molecule has 2 rings (SSSR count). The van der Waals surface area contributed by atoms with E-state index in [2.05, 4.69) is 12.2 Å². The fraction of sp³-hybridized carbons (Fsp3) is 0.462. The highest BCUT2D eigenvalue weighted by molar-refractivity contribution is 5.87. The maximum atomic E-state index is 13.0. The predicted octanol–water partition coefficient (Wildman–Crippen LogP) is 4.53. The van der Waals surface area contributed by atoms with Gasteiger partial charge in [0.1, 0.15) is 11.8 Å². The van der Waals surface area contributed by atoms with E-state index in [4.69, 9.17) is 4.74 Å². The normalized spacial score (nSPS) is 11.6. The number of ether oxygens (including phenoxy) is 1. The van der Waals surface area contributed by atoms with Crippen molar-refractivity contribution in [3.8, 4) is 5.75 Å². The molecule has 0 unspecified atom stereocenters. The standard InChI is InChI=1S/C26H36N2O3/c1-4-5-18-27-26(30)22(3)28(19-17-23-10-7-6-8-11-23)25(29)12-9-20-31-24-15-13-21(2)14-16-24/h6-8,10-11,13-16,22H,4-5,9,12,17-20H2,1-3H3,(H,27,30)/t22-/m0/s1. The molecule has 0 radical (unpaired) electrons. The van der Waals surface area contributed by atoms with E-state index in [0.29, 0.717) is 32.5 Å². The first-order chi connectivity index (χ1) is 15.0. The molecule has 5 nitrogen and oxygen atoms in total. The molecule has 0 aliphatic rings. The summed E-state index contributed by atoms with van der Waals surface area (Å²) in [6.07, 6.45) is 3.64. The number of rotatable bonds is 13. The second-order valence-corrected chi connectivity index (χ2v) is 7.91. The molecule has 0 aromatic heterocycles. The molecule has 0 aliphatic heterocycles.